The van der Waals surface area contributed by atoms with Crippen molar-refractivity contribution < 1.29 is 4.79 Å². The minimum Gasteiger partial charge on any atom is -0.348 e. The lowest BCUT2D eigenvalue weighted by molar-refractivity contribution is -0.117. The number of hydrogen-bond donors (Lipinski definition) is 1. The Hall–Kier alpha value is -4.91. The van der Waals surface area contributed by atoms with Gasteiger partial charge in [0.25, 0.3) is 0 Å². The Morgan fingerprint density at radius 2 is 1.72 bits per heavy atom. The molecule has 0 radical (unpaired) electrons. The maximum Gasteiger partial charge on any atom is 0.247 e. The van der Waals surface area contributed by atoms with Gasteiger partial charge in [-0.3, -0.25) is 14.8 Å². The molecule has 5 aromatic rings. The van der Waals surface area contributed by atoms with E-state index in [0.717, 1.165) is 56.0 Å². The average molecular weight is 513 g/mol. The zero-order valence-electron chi connectivity index (χ0n) is 21.9. The molecule has 2 aromatic carbocycles. The highest BCUT2D eigenvalue weighted by molar-refractivity contribution is 6.01. The molecule has 0 aliphatic heterocycles. The number of nitrogens with zero attached hydrogens (tertiary/aromatic N) is 5. The average Bonchev–Trinajstić information content (AvgIpc) is 3.65. The van der Waals surface area contributed by atoms with Crippen molar-refractivity contribution in [3.05, 3.63) is 114 Å². The van der Waals surface area contributed by atoms with Gasteiger partial charge in [0.2, 0.25) is 5.91 Å². The van der Waals surface area contributed by atoms with E-state index >= 15 is 0 Å². The van der Waals surface area contributed by atoms with E-state index in [4.69, 9.17) is 0 Å². The summed E-state index contributed by atoms with van der Waals surface area (Å²) in [4.78, 5) is 22.0. The molecule has 0 saturated heterocycles. The third-order valence-corrected chi connectivity index (χ3v) is 6.99. The van der Waals surface area contributed by atoms with E-state index in [9.17, 15) is 4.79 Å². The topological polar surface area (TPSA) is 85.6 Å². The second-order valence-corrected chi connectivity index (χ2v) is 9.93. The van der Waals surface area contributed by atoms with Gasteiger partial charge in [-0.15, -0.1) is 10.2 Å². The second-order valence-electron chi connectivity index (χ2n) is 9.93. The Labute approximate surface area is 227 Å². The molecule has 0 saturated carbocycles. The van der Waals surface area contributed by atoms with Crippen LogP contribution >= 0.6 is 0 Å². The van der Waals surface area contributed by atoms with Gasteiger partial charge in [-0.1, -0.05) is 54.6 Å². The van der Waals surface area contributed by atoms with Crippen LogP contribution in [0.4, 0.5) is 0 Å². The summed E-state index contributed by atoms with van der Waals surface area (Å²) >= 11 is 0. The first-order chi connectivity index (χ1) is 19.1. The fraction of sp³-hybridized carbons (Fsp3) is 0.156. The van der Waals surface area contributed by atoms with Crippen molar-refractivity contribution in [2.24, 2.45) is 0 Å². The predicted octanol–water partition coefficient (Wildman–Crippen LogP) is 5.91. The van der Waals surface area contributed by atoms with E-state index in [2.05, 4.69) is 74.2 Å². The van der Waals surface area contributed by atoms with Crippen molar-refractivity contribution in [1.82, 2.24) is 30.0 Å². The molecular formula is C32H28N6O. The molecule has 7 heteroatoms. The molecule has 1 amide bonds. The Morgan fingerprint density at radius 1 is 0.949 bits per heavy atom. The first-order valence-electron chi connectivity index (χ1n) is 13.0. The fourth-order valence-electron chi connectivity index (χ4n) is 4.90. The van der Waals surface area contributed by atoms with Crippen molar-refractivity contribution in [2.45, 2.75) is 32.9 Å². The molecule has 6 rings (SSSR count). The van der Waals surface area contributed by atoms with Crippen LogP contribution in [0.1, 0.15) is 36.7 Å². The van der Waals surface area contributed by atoms with Crippen LogP contribution < -0.4 is 5.32 Å². The normalized spacial score (nSPS) is 12.3. The maximum atomic E-state index is 12.9. The molecule has 0 atom stereocenters. The zero-order chi connectivity index (χ0) is 26.8. The number of amides is 1. The zero-order valence-corrected chi connectivity index (χ0v) is 21.9. The van der Waals surface area contributed by atoms with E-state index in [-0.39, 0.29) is 11.9 Å². The molecule has 0 spiro atoms. The van der Waals surface area contributed by atoms with Crippen LogP contribution in [0.25, 0.3) is 39.7 Å². The quantitative estimate of drug-likeness (QED) is 0.293. The summed E-state index contributed by atoms with van der Waals surface area (Å²) in [5.41, 5.74) is 8.76. The highest BCUT2D eigenvalue weighted by Gasteiger charge is 2.22. The number of pyridine rings is 2. The summed E-state index contributed by atoms with van der Waals surface area (Å²) in [6.45, 7) is 4.72. The molecular weight excluding hydrogens is 484 g/mol. The summed E-state index contributed by atoms with van der Waals surface area (Å²) < 4.78 is 2.06. The minimum atomic E-state index is -0.0666. The van der Waals surface area contributed by atoms with Crippen molar-refractivity contribution in [3.8, 4) is 33.6 Å². The van der Waals surface area contributed by atoms with E-state index in [0.29, 0.717) is 13.0 Å². The molecule has 1 N–H and O–H groups in total. The van der Waals surface area contributed by atoms with Gasteiger partial charge in [-0.05, 0) is 48.7 Å². The van der Waals surface area contributed by atoms with Gasteiger partial charge in [-0.25, -0.2) is 0 Å². The van der Waals surface area contributed by atoms with Crippen molar-refractivity contribution in [1.29, 1.82) is 0 Å². The highest BCUT2D eigenvalue weighted by Crippen LogP contribution is 2.34. The van der Waals surface area contributed by atoms with Crippen LogP contribution in [0.5, 0.6) is 0 Å². The van der Waals surface area contributed by atoms with Gasteiger partial charge < -0.3 is 9.88 Å². The van der Waals surface area contributed by atoms with Crippen LogP contribution in [0.15, 0.2) is 97.2 Å². The lowest BCUT2D eigenvalue weighted by Crippen LogP contribution is -2.24. The molecule has 1 aliphatic rings. The first kappa shape index (κ1) is 24.4. The third kappa shape index (κ3) is 4.99. The van der Waals surface area contributed by atoms with E-state index < -0.39 is 0 Å². The number of carbonyl (C=O) groups is 1. The number of benzene rings is 2. The molecule has 0 unspecified atom stereocenters. The standard InChI is InChI=1S/C32H28N6O/c1-21(2)38-20-36-37-31(38)24-10-8-23(9-11-24)26-14-27(19-33-18-26)28-12-13-34-30-16-25(15-29(28)30)32(39)35-17-22-6-4-3-5-7-22/h3-15,18-21H,16-17H2,1-2H3,(H,35,39). The first-order valence-corrected chi connectivity index (χ1v) is 13.0. The molecule has 39 heavy (non-hydrogen) atoms. The number of rotatable bonds is 7. The summed E-state index contributed by atoms with van der Waals surface area (Å²) in [5, 5.41) is 11.4. The Balaban J connectivity index is 1.24. The smallest absolute Gasteiger partial charge is 0.247 e. The van der Waals surface area contributed by atoms with Crippen molar-refractivity contribution >= 4 is 12.0 Å². The predicted molar refractivity (Wildman–Crippen MR) is 152 cm³/mol. The largest absolute Gasteiger partial charge is 0.348 e. The molecule has 3 heterocycles. The number of hydrogen-bond acceptors (Lipinski definition) is 5. The molecule has 3 aromatic heterocycles. The van der Waals surface area contributed by atoms with E-state index in [1.54, 1.807) is 12.5 Å². The lowest BCUT2D eigenvalue weighted by Gasteiger charge is -2.11. The van der Waals surface area contributed by atoms with Crippen LogP contribution in [0.3, 0.4) is 0 Å². The fourth-order valence-corrected chi connectivity index (χ4v) is 4.90. The van der Waals surface area contributed by atoms with Gasteiger partial charge in [0.15, 0.2) is 5.82 Å². The van der Waals surface area contributed by atoms with Crippen molar-refractivity contribution in [2.75, 3.05) is 0 Å². The summed E-state index contributed by atoms with van der Waals surface area (Å²) in [5.74, 6) is 0.786. The summed E-state index contributed by atoms with van der Waals surface area (Å²) in [7, 11) is 0. The number of carbonyl (C=O) groups excluding carboxylic acids is 1. The number of fused-ring (bicyclic) bond motifs is 1. The molecule has 1 aliphatic carbocycles. The Kier molecular flexibility index (Phi) is 6.55. The SMILES string of the molecule is CC(C)n1cnnc1-c1ccc(-c2cncc(-c3ccnc4c3C=C(C(=O)NCc3ccccc3)C4)c2)cc1. The van der Waals surface area contributed by atoms with Crippen molar-refractivity contribution in [3.63, 3.8) is 0 Å². The van der Waals surface area contributed by atoms with Gasteiger partial charge in [0, 0.05) is 65.4 Å². The maximum absolute atomic E-state index is 12.9. The minimum absolute atomic E-state index is 0.0666. The molecule has 7 nitrogen and oxygen atoms in total. The van der Waals surface area contributed by atoms with Gasteiger partial charge in [0.05, 0.1) is 5.69 Å². The van der Waals surface area contributed by atoms with Crippen LogP contribution in [0.2, 0.25) is 0 Å². The second kappa shape index (κ2) is 10.5. The Morgan fingerprint density at radius 3 is 2.51 bits per heavy atom. The van der Waals surface area contributed by atoms with Crippen LogP contribution in [0, 0.1) is 0 Å². The van der Waals surface area contributed by atoms with E-state index in [1.165, 1.54) is 0 Å². The highest BCUT2D eigenvalue weighted by atomic mass is 16.1. The molecule has 0 fully saturated rings. The molecule has 192 valence electrons. The Bertz CT molecular complexity index is 1670. The van der Waals surface area contributed by atoms with Gasteiger partial charge in [0.1, 0.15) is 6.33 Å². The van der Waals surface area contributed by atoms with E-state index in [1.807, 2.05) is 54.9 Å². The summed E-state index contributed by atoms with van der Waals surface area (Å²) in [6, 6.07) is 22.6. The van der Waals surface area contributed by atoms with Gasteiger partial charge in [-0.2, -0.15) is 0 Å². The van der Waals surface area contributed by atoms with Crippen LogP contribution in [-0.4, -0.2) is 30.6 Å². The monoisotopic (exact) mass is 512 g/mol. The summed E-state index contributed by atoms with van der Waals surface area (Å²) in [6.07, 6.45) is 9.78. The van der Waals surface area contributed by atoms with Crippen LogP contribution in [-0.2, 0) is 17.8 Å². The number of aromatic nitrogens is 5. The van der Waals surface area contributed by atoms with Gasteiger partial charge >= 0.3 is 0 Å². The lowest BCUT2D eigenvalue weighted by atomic mass is 9.98. The number of nitrogens with one attached hydrogen (secondary N) is 1. The third-order valence-electron chi connectivity index (χ3n) is 6.99. The molecule has 0 bridgehead atoms.